The van der Waals surface area contributed by atoms with Crippen LogP contribution in [0.25, 0.3) is 0 Å². The molecule has 0 saturated carbocycles. The Balaban J connectivity index is 1.85. The Morgan fingerprint density at radius 3 is 2.94 bits per heavy atom. The van der Waals surface area contributed by atoms with E-state index in [2.05, 4.69) is 0 Å². The molecule has 0 amide bonds. The fourth-order valence-electron chi connectivity index (χ4n) is 1.80. The molecular formula is C12H14ClNO3S. The maximum absolute atomic E-state index is 10.7. The number of thioether (sulfide) groups is 1. The van der Waals surface area contributed by atoms with Crippen LogP contribution in [0.15, 0.2) is 23.1 Å². The second-order valence-electron chi connectivity index (χ2n) is 4.16. The summed E-state index contributed by atoms with van der Waals surface area (Å²) in [5.74, 6) is -0.151. The summed E-state index contributed by atoms with van der Waals surface area (Å²) in [5.41, 5.74) is 6.19. The molecule has 2 atom stereocenters. The molecule has 6 heteroatoms. The van der Waals surface area contributed by atoms with Gasteiger partial charge < -0.3 is 15.6 Å². The molecule has 1 aromatic rings. The lowest BCUT2D eigenvalue weighted by molar-refractivity contribution is -0.148. The van der Waals surface area contributed by atoms with Gasteiger partial charge in [0, 0.05) is 10.6 Å². The molecule has 1 fully saturated rings. The number of halogens is 1. The smallest absolute Gasteiger partial charge is 0.332 e. The molecule has 1 aliphatic rings. The van der Waals surface area contributed by atoms with Crippen molar-refractivity contribution in [2.24, 2.45) is 0 Å². The maximum Gasteiger partial charge on any atom is 0.332 e. The van der Waals surface area contributed by atoms with Crippen LogP contribution >= 0.6 is 23.4 Å². The molecular weight excluding hydrogens is 274 g/mol. The Kier molecular flexibility index (Phi) is 4.37. The van der Waals surface area contributed by atoms with Crippen molar-refractivity contribution in [3.8, 4) is 0 Å². The van der Waals surface area contributed by atoms with E-state index in [4.69, 9.17) is 27.2 Å². The van der Waals surface area contributed by atoms with Crippen molar-refractivity contribution in [3.63, 3.8) is 0 Å². The first-order valence-corrected chi connectivity index (χ1v) is 6.98. The summed E-state index contributed by atoms with van der Waals surface area (Å²) >= 11 is 7.52. The fraction of sp³-hybridized carbons (Fsp3) is 0.417. The molecule has 4 nitrogen and oxygen atoms in total. The highest BCUT2D eigenvalue weighted by Gasteiger charge is 2.30. The number of hydrogen-bond acceptors (Lipinski definition) is 4. The molecule has 1 heterocycles. The van der Waals surface area contributed by atoms with E-state index in [0.29, 0.717) is 17.1 Å². The van der Waals surface area contributed by atoms with Gasteiger partial charge in [0.25, 0.3) is 0 Å². The predicted octanol–water partition coefficient (Wildman–Crippen LogP) is 2.65. The van der Waals surface area contributed by atoms with E-state index >= 15 is 0 Å². The molecule has 0 radical (unpaired) electrons. The van der Waals surface area contributed by atoms with Crippen LogP contribution in [0, 0.1) is 0 Å². The summed E-state index contributed by atoms with van der Waals surface area (Å²) < 4.78 is 5.42. The number of hydrogen-bond donors (Lipinski definition) is 2. The number of carboxylic acids is 1. The van der Waals surface area contributed by atoms with Crippen molar-refractivity contribution in [3.05, 3.63) is 23.2 Å². The molecule has 3 N–H and O–H groups in total. The maximum atomic E-state index is 10.7. The molecule has 2 unspecified atom stereocenters. The van der Waals surface area contributed by atoms with Crippen LogP contribution in [0.5, 0.6) is 0 Å². The molecule has 0 aromatic heterocycles. The third-order valence-electron chi connectivity index (χ3n) is 2.79. The number of anilines is 1. The zero-order valence-electron chi connectivity index (χ0n) is 9.64. The second-order valence-corrected chi connectivity index (χ2v) is 5.66. The van der Waals surface area contributed by atoms with Gasteiger partial charge in [-0.3, -0.25) is 0 Å². The van der Waals surface area contributed by atoms with E-state index in [1.807, 2.05) is 12.1 Å². The molecule has 1 aliphatic heterocycles. The van der Waals surface area contributed by atoms with Crippen molar-refractivity contribution in [1.29, 1.82) is 0 Å². The zero-order chi connectivity index (χ0) is 13.1. The minimum Gasteiger partial charge on any atom is -0.479 e. The van der Waals surface area contributed by atoms with Crippen LogP contribution < -0.4 is 5.73 Å². The molecule has 0 aliphatic carbocycles. The third-order valence-corrected chi connectivity index (χ3v) is 4.24. The van der Waals surface area contributed by atoms with Gasteiger partial charge in [-0.2, -0.15) is 0 Å². The van der Waals surface area contributed by atoms with Crippen LogP contribution in [-0.4, -0.2) is 29.0 Å². The average Bonchev–Trinajstić information content (AvgIpc) is 2.79. The van der Waals surface area contributed by atoms with Gasteiger partial charge in [-0.15, -0.1) is 11.8 Å². The largest absolute Gasteiger partial charge is 0.479 e. The lowest BCUT2D eigenvalue weighted by atomic mass is 10.2. The van der Waals surface area contributed by atoms with E-state index in [9.17, 15) is 4.79 Å². The zero-order valence-corrected chi connectivity index (χ0v) is 11.2. The molecule has 0 spiro atoms. The first-order chi connectivity index (χ1) is 8.56. The number of carboxylic acid groups (broad SMARTS) is 1. The Morgan fingerprint density at radius 2 is 2.33 bits per heavy atom. The van der Waals surface area contributed by atoms with Gasteiger partial charge in [-0.05, 0) is 31.0 Å². The first kappa shape index (κ1) is 13.5. The second kappa shape index (κ2) is 5.82. The van der Waals surface area contributed by atoms with E-state index in [-0.39, 0.29) is 6.10 Å². The monoisotopic (exact) mass is 287 g/mol. The SMILES string of the molecule is Nc1ccc(SCC2CCC(C(=O)O)O2)cc1Cl. The van der Waals surface area contributed by atoms with Crippen molar-refractivity contribution < 1.29 is 14.6 Å². The summed E-state index contributed by atoms with van der Waals surface area (Å²) in [4.78, 5) is 11.8. The predicted molar refractivity (Wildman–Crippen MR) is 72.1 cm³/mol. The van der Waals surface area contributed by atoms with Crippen LogP contribution in [0.2, 0.25) is 5.02 Å². The number of nitrogens with two attached hydrogens (primary N) is 1. The normalized spacial score (nSPS) is 23.2. The van der Waals surface area contributed by atoms with Crippen LogP contribution in [0.4, 0.5) is 5.69 Å². The van der Waals surface area contributed by atoms with Crippen molar-refractivity contribution >= 4 is 35.0 Å². The highest BCUT2D eigenvalue weighted by atomic mass is 35.5. The quantitative estimate of drug-likeness (QED) is 0.658. The standard InChI is InChI=1S/C12H14ClNO3S/c13-9-5-8(2-3-10(9)14)18-6-7-1-4-11(17-7)12(15)16/h2-3,5,7,11H,1,4,6,14H2,(H,15,16). The van der Waals surface area contributed by atoms with E-state index in [0.717, 1.165) is 17.1 Å². The molecule has 18 heavy (non-hydrogen) atoms. The van der Waals surface area contributed by atoms with Gasteiger partial charge in [0.1, 0.15) is 0 Å². The molecule has 1 aromatic carbocycles. The number of ether oxygens (including phenoxy) is 1. The highest BCUT2D eigenvalue weighted by molar-refractivity contribution is 7.99. The minimum absolute atomic E-state index is 0.00701. The lowest BCUT2D eigenvalue weighted by Crippen LogP contribution is -2.21. The summed E-state index contributed by atoms with van der Waals surface area (Å²) in [6.07, 6.45) is 0.716. The van der Waals surface area contributed by atoms with E-state index in [1.165, 1.54) is 0 Å². The number of carbonyl (C=O) groups is 1. The van der Waals surface area contributed by atoms with Gasteiger partial charge in [-0.1, -0.05) is 11.6 Å². The Labute approximate surface area is 114 Å². The van der Waals surface area contributed by atoms with Gasteiger partial charge >= 0.3 is 5.97 Å². The van der Waals surface area contributed by atoms with Gasteiger partial charge in [-0.25, -0.2) is 4.79 Å². The molecule has 0 bridgehead atoms. The number of nitrogen functional groups attached to an aromatic ring is 1. The van der Waals surface area contributed by atoms with Crippen molar-refractivity contribution in [2.75, 3.05) is 11.5 Å². The molecule has 1 saturated heterocycles. The number of aliphatic carboxylic acids is 1. The van der Waals surface area contributed by atoms with Crippen molar-refractivity contribution in [1.82, 2.24) is 0 Å². The van der Waals surface area contributed by atoms with Gasteiger partial charge in [0.2, 0.25) is 0 Å². The average molecular weight is 288 g/mol. The third kappa shape index (κ3) is 3.31. The lowest BCUT2D eigenvalue weighted by Gasteiger charge is -2.11. The van der Waals surface area contributed by atoms with Crippen LogP contribution in [-0.2, 0) is 9.53 Å². The minimum atomic E-state index is -0.877. The summed E-state index contributed by atoms with van der Waals surface area (Å²) in [6, 6.07) is 5.47. The van der Waals surface area contributed by atoms with Crippen molar-refractivity contribution in [2.45, 2.75) is 29.9 Å². The first-order valence-electron chi connectivity index (χ1n) is 5.62. The van der Waals surface area contributed by atoms with E-state index < -0.39 is 12.1 Å². The molecule has 98 valence electrons. The summed E-state index contributed by atoms with van der Waals surface area (Å²) in [5, 5.41) is 9.36. The summed E-state index contributed by atoms with van der Waals surface area (Å²) in [6.45, 7) is 0. The van der Waals surface area contributed by atoms with Gasteiger partial charge in [0.05, 0.1) is 16.8 Å². The highest BCUT2D eigenvalue weighted by Crippen LogP contribution is 2.30. The fourth-order valence-corrected chi connectivity index (χ4v) is 3.03. The van der Waals surface area contributed by atoms with Crippen LogP contribution in [0.3, 0.4) is 0 Å². The molecule has 2 rings (SSSR count). The summed E-state index contributed by atoms with van der Waals surface area (Å²) in [7, 11) is 0. The number of rotatable bonds is 4. The number of benzene rings is 1. The van der Waals surface area contributed by atoms with Gasteiger partial charge in [0.15, 0.2) is 6.10 Å². The Morgan fingerprint density at radius 1 is 1.56 bits per heavy atom. The topological polar surface area (TPSA) is 72.6 Å². The Hall–Kier alpha value is -0.910. The van der Waals surface area contributed by atoms with Crippen LogP contribution in [0.1, 0.15) is 12.8 Å². The van der Waals surface area contributed by atoms with E-state index in [1.54, 1.807) is 17.8 Å². The Bertz CT molecular complexity index is 455.